The average molecular weight is 411 g/mol. The van der Waals surface area contributed by atoms with Crippen molar-refractivity contribution < 1.29 is 9.53 Å². The highest BCUT2D eigenvalue weighted by molar-refractivity contribution is 5.79. The number of aromatic nitrogens is 4. The maximum absolute atomic E-state index is 13.2. The van der Waals surface area contributed by atoms with Crippen molar-refractivity contribution in [1.82, 2.24) is 18.7 Å². The number of ketones is 1. The van der Waals surface area contributed by atoms with Crippen molar-refractivity contribution in [2.75, 3.05) is 18.6 Å². The van der Waals surface area contributed by atoms with Gasteiger partial charge in [-0.3, -0.25) is 18.7 Å². The summed E-state index contributed by atoms with van der Waals surface area (Å²) >= 11 is 0. The lowest BCUT2D eigenvalue weighted by Gasteiger charge is -2.33. The van der Waals surface area contributed by atoms with E-state index in [0.29, 0.717) is 36.0 Å². The first-order valence-electron chi connectivity index (χ1n) is 9.84. The highest BCUT2D eigenvalue weighted by Crippen LogP contribution is 2.38. The number of hydrogen-bond donors (Lipinski definition) is 0. The maximum Gasteiger partial charge on any atom is 0.332 e. The summed E-state index contributed by atoms with van der Waals surface area (Å²) in [7, 11) is 3.19. The summed E-state index contributed by atoms with van der Waals surface area (Å²) in [6.07, 6.45) is 0. The van der Waals surface area contributed by atoms with Crippen molar-refractivity contribution in [3.8, 4) is 5.75 Å². The van der Waals surface area contributed by atoms with Gasteiger partial charge in [-0.25, -0.2) is 4.79 Å². The molecule has 1 unspecified atom stereocenters. The van der Waals surface area contributed by atoms with Crippen molar-refractivity contribution in [3.63, 3.8) is 0 Å². The Morgan fingerprint density at radius 1 is 1.27 bits per heavy atom. The second-order valence-electron chi connectivity index (χ2n) is 8.02. The fraction of sp³-hybridized carbons (Fsp3) is 0.429. The largest absolute Gasteiger partial charge is 0.495 e. The minimum absolute atomic E-state index is 0.220. The highest BCUT2D eigenvalue weighted by atomic mass is 16.5. The van der Waals surface area contributed by atoms with Crippen molar-refractivity contribution in [1.29, 1.82) is 0 Å². The molecule has 0 spiro atoms. The summed E-state index contributed by atoms with van der Waals surface area (Å²) < 4.78 is 9.74. The Morgan fingerprint density at radius 3 is 2.67 bits per heavy atom. The molecule has 2 aromatic heterocycles. The first-order valence-corrected chi connectivity index (χ1v) is 9.84. The number of hydrogen-bond acceptors (Lipinski definition) is 6. The van der Waals surface area contributed by atoms with E-state index in [1.807, 2.05) is 34.6 Å². The minimum Gasteiger partial charge on any atom is -0.495 e. The molecule has 0 fully saturated rings. The van der Waals surface area contributed by atoms with Crippen LogP contribution in [0.5, 0.6) is 5.75 Å². The molecule has 0 N–H and O–H groups in total. The van der Waals surface area contributed by atoms with Crippen molar-refractivity contribution >= 4 is 28.6 Å². The Hall–Kier alpha value is -3.36. The van der Waals surface area contributed by atoms with E-state index in [9.17, 15) is 14.4 Å². The van der Waals surface area contributed by atoms with Crippen LogP contribution in [0.3, 0.4) is 0 Å². The number of rotatable bonds is 4. The zero-order valence-electron chi connectivity index (χ0n) is 17.8. The number of nitrogens with zero attached hydrogens (tertiary/aromatic N) is 5. The third-order valence-electron chi connectivity index (χ3n) is 5.45. The molecule has 1 aromatic carbocycles. The average Bonchev–Trinajstić information content (AvgIpc) is 3.08. The lowest BCUT2D eigenvalue weighted by molar-refractivity contribution is -0.117. The number of carbonyl (C=O) groups is 1. The van der Waals surface area contributed by atoms with Crippen LogP contribution in [0.25, 0.3) is 11.2 Å². The van der Waals surface area contributed by atoms with Gasteiger partial charge in [-0.1, -0.05) is 13.0 Å². The molecular formula is C21H25N5O4. The van der Waals surface area contributed by atoms with Crippen LogP contribution in [0.4, 0.5) is 11.6 Å². The van der Waals surface area contributed by atoms with Crippen LogP contribution in [-0.2, 0) is 24.9 Å². The predicted molar refractivity (Wildman–Crippen MR) is 114 cm³/mol. The molecule has 1 atom stereocenters. The molecule has 30 heavy (non-hydrogen) atoms. The lowest BCUT2D eigenvalue weighted by Crippen LogP contribution is -2.41. The number of aryl methyl sites for hydroxylation is 2. The molecule has 3 heterocycles. The van der Waals surface area contributed by atoms with E-state index in [0.717, 1.165) is 15.8 Å². The van der Waals surface area contributed by atoms with Crippen LogP contribution in [0.2, 0.25) is 0 Å². The second kappa shape index (κ2) is 7.16. The van der Waals surface area contributed by atoms with Crippen LogP contribution in [0.15, 0.2) is 27.8 Å². The summed E-state index contributed by atoms with van der Waals surface area (Å²) in [6, 6.07) is 5.91. The molecule has 0 amide bonds. The number of benzene rings is 1. The summed E-state index contributed by atoms with van der Waals surface area (Å²) in [4.78, 5) is 44.2. The molecule has 0 saturated heterocycles. The molecule has 1 aliphatic heterocycles. The molecular weight excluding hydrogens is 386 g/mol. The fourth-order valence-electron chi connectivity index (χ4n) is 4.08. The predicted octanol–water partition coefficient (Wildman–Crippen LogP) is 1.59. The standard InChI is InChI=1S/C21H25N5O4/c1-12-6-7-16(30-5)15(8-12)24-9-13(2)10-25-17-18(22-20(24)25)23(4)21(29)26(19(17)28)11-14(3)27/h6-8,13H,9-11H2,1-5H3. The number of ether oxygens (including phenoxy) is 1. The SMILES string of the molecule is COc1ccc(C)cc1N1CC(C)Cn2c1nc1c2c(=O)n(CC(C)=O)c(=O)n1C. The van der Waals surface area contributed by atoms with Crippen LogP contribution in [0, 0.1) is 12.8 Å². The van der Waals surface area contributed by atoms with Gasteiger partial charge >= 0.3 is 5.69 Å². The van der Waals surface area contributed by atoms with E-state index >= 15 is 0 Å². The number of carbonyl (C=O) groups excluding carboxylic acids is 1. The molecule has 0 radical (unpaired) electrons. The molecule has 9 nitrogen and oxygen atoms in total. The monoisotopic (exact) mass is 411 g/mol. The first-order chi connectivity index (χ1) is 14.2. The normalized spacial score (nSPS) is 16.0. The summed E-state index contributed by atoms with van der Waals surface area (Å²) in [5.74, 6) is 1.25. The van der Waals surface area contributed by atoms with Crippen molar-refractivity contribution in [2.24, 2.45) is 13.0 Å². The Bertz CT molecular complexity index is 1280. The summed E-state index contributed by atoms with van der Waals surface area (Å²) in [5, 5.41) is 0. The van der Waals surface area contributed by atoms with E-state index in [-0.39, 0.29) is 18.2 Å². The molecule has 1 aliphatic rings. The third-order valence-corrected chi connectivity index (χ3v) is 5.45. The van der Waals surface area contributed by atoms with Crippen LogP contribution in [0.1, 0.15) is 19.4 Å². The van der Waals surface area contributed by atoms with E-state index in [1.54, 1.807) is 14.2 Å². The Kier molecular flexibility index (Phi) is 4.76. The van der Waals surface area contributed by atoms with Crippen LogP contribution >= 0.6 is 0 Å². The number of anilines is 2. The van der Waals surface area contributed by atoms with Gasteiger partial charge in [0.25, 0.3) is 5.56 Å². The Labute approximate surface area is 173 Å². The number of imidazole rings is 1. The number of Topliss-reactive ketones (excluding diaryl/α,β-unsaturated/α-hetero) is 1. The van der Waals surface area contributed by atoms with Crippen LogP contribution < -0.4 is 20.9 Å². The quantitative estimate of drug-likeness (QED) is 0.648. The van der Waals surface area contributed by atoms with E-state index in [4.69, 9.17) is 9.72 Å². The maximum atomic E-state index is 13.2. The number of fused-ring (bicyclic) bond motifs is 3. The Balaban J connectivity index is 2.03. The van der Waals surface area contributed by atoms with Crippen molar-refractivity contribution in [3.05, 3.63) is 44.6 Å². The summed E-state index contributed by atoms with van der Waals surface area (Å²) in [6.45, 7) is 6.48. The van der Waals surface area contributed by atoms with Gasteiger partial charge in [-0.2, -0.15) is 4.98 Å². The van der Waals surface area contributed by atoms with Gasteiger partial charge in [0.2, 0.25) is 5.95 Å². The van der Waals surface area contributed by atoms with Gasteiger partial charge in [0.15, 0.2) is 11.2 Å². The number of methoxy groups -OCH3 is 1. The zero-order chi connectivity index (χ0) is 21.7. The molecule has 4 rings (SSSR count). The van der Waals surface area contributed by atoms with Crippen LogP contribution in [-0.4, -0.2) is 38.1 Å². The van der Waals surface area contributed by atoms with Gasteiger partial charge in [0, 0.05) is 20.1 Å². The first kappa shape index (κ1) is 19.9. The lowest BCUT2D eigenvalue weighted by atomic mass is 10.1. The van der Waals surface area contributed by atoms with E-state index in [2.05, 4.69) is 6.92 Å². The third kappa shape index (κ3) is 3.01. The molecule has 0 saturated carbocycles. The molecule has 0 aliphatic carbocycles. The Morgan fingerprint density at radius 2 is 2.00 bits per heavy atom. The molecule has 158 valence electrons. The van der Waals surface area contributed by atoms with Gasteiger partial charge in [0.05, 0.1) is 19.3 Å². The second-order valence-corrected chi connectivity index (χ2v) is 8.02. The molecule has 0 bridgehead atoms. The van der Waals surface area contributed by atoms with Gasteiger partial charge in [-0.15, -0.1) is 0 Å². The minimum atomic E-state index is -0.550. The zero-order valence-corrected chi connectivity index (χ0v) is 17.8. The van der Waals surface area contributed by atoms with Crippen molar-refractivity contribution in [2.45, 2.75) is 33.9 Å². The van der Waals surface area contributed by atoms with E-state index in [1.165, 1.54) is 11.5 Å². The van der Waals surface area contributed by atoms with Gasteiger partial charge in [-0.05, 0) is 37.5 Å². The fourth-order valence-corrected chi connectivity index (χ4v) is 4.08. The van der Waals surface area contributed by atoms with Gasteiger partial charge in [0.1, 0.15) is 11.5 Å². The molecule has 9 heteroatoms. The smallest absolute Gasteiger partial charge is 0.332 e. The van der Waals surface area contributed by atoms with E-state index < -0.39 is 11.2 Å². The molecule has 3 aromatic rings. The highest BCUT2D eigenvalue weighted by Gasteiger charge is 2.31. The van der Waals surface area contributed by atoms with Gasteiger partial charge < -0.3 is 14.2 Å². The topological polar surface area (TPSA) is 91.4 Å². The summed E-state index contributed by atoms with van der Waals surface area (Å²) in [5.41, 5.74) is 1.53.